The van der Waals surface area contributed by atoms with Gasteiger partial charge in [0.1, 0.15) is 0 Å². The van der Waals surface area contributed by atoms with Crippen molar-refractivity contribution >= 4 is 0 Å². The predicted octanol–water partition coefficient (Wildman–Crippen LogP) is 37.7. The molecular formula is C113H202. The first kappa shape index (κ1) is 90.7. The molecule has 29 saturated carbocycles. The Kier molecular flexibility index (Phi) is 42.7. The van der Waals surface area contributed by atoms with Gasteiger partial charge >= 0.3 is 0 Å². The Morgan fingerprint density at radius 3 is 0.283 bits per heavy atom. The molecule has 0 aliphatic heterocycles. The molecule has 0 radical (unpaired) electrons. The largest absolute Gasteiger partial charge is 0.0530 e. The third-order valence-corrected chi connectivity index (χ3v) is 39.0. The quantitative estimate of drug-likeness (QED) is 0.227. The predicted molar refractivity (Wildman–Crippen MR) is 495 cm³/mol. The van der Waals surface area contributed by atoms with E-state index in [0.29, 0.717) is 0 Å². The molecule has 0 N–H and O–H groups in total. The zero-order valence-corrected chi connectivity index (χ0v) is 76.8. The average Bonchev–Trinajstić information content (AvgIpc) is 1.77. The molecule has 0 spiro atoms. The number of rotatable bonds is 0. The standard InChI is InChI=1S/C12H22.2C11H20.3C10H18.2C9H16.3C8H14.C7H12/c1-2-6-12-9-3-7-11(5-1)8-4-10-12;1-4-10-6-2-7-11(5-1)9-3-8-10;1-2-5-11-7-3-6-10(4-1)8-9-11;1-3-9-5-2-6-10(4-1)8-7-9;1-2-5-10-7-3-6-9(4-1)8-10;1-2-4-10-7-5-9(3-1)6-8-10;1-3-8-5-2-6-9(4-1)7-8;1-2-4-9-6-5-8(3-1)7-9;1-2-8-5-3-7(1)4-6-8;1-2-7-4-5-8(3-1)6-7;1-2-4-8-5-7(3-1)6-8;1-2-7-4-3-6(1)5-7/h11-12H,1-10H2;2*10-11H,1-9H2;3*9-10H,1-8H2;2*8-9H,1-7H2;3*7-8H,1-6H2;6-7H,1-5H2. The van der Waals surface area contributed by atoms with E-state index in [9.17, 15) is 0 Å². The maximum absolute atomic E-state index is 1.58. The molecule has 24 bridgehead atoms. The fourth-order valence-electron chi connectivity index (χ4n) is 31.4. The zero-order valence-electron chi connectivity index (χ0n) is 76.8. The van der Waals surface area contributed by atoms with Crippen LogP contribution in [0.15, 0.2) is 0 Å². The van der Waals surface area contributed by atoms with Gasteiger partial charge in [0.15, 0.2) is 0 Å². The van der Waals surface area contributed by atoms with Gasteiger partial charge in [0.2, 0.25) is 0 Å². The third kappa shape index (κ3) is 34.9. The van der Waals surface area contributed by atoms with Crippen LogP contribution in [0.2, 0.25) is 0 Å². The lowest BCUT2D eigenvalue weighted by molar-refractivity contribution is 0.176. The van der Waals surface area contributed by atoms with Crippen molar-refractivity contribution < 1.29 is 0 Å². The SMILES string of the molecule is C1CC2CCC(C1)C2.C1CC2CCC1C2.C1CC2CCC1CC2.C1CC2CCCC(C1)C2.C1CC2CCCC(C1)CC2.C1CC2CCCC(C1)CCC2.C1CCC2CC(C1)C2.C1CCC2CCC(C1)C2.C1CCC2CCC(C1)CC2.C1CCC2CCCC(C1)C2.C1CCC2CCCC(C1)CC2.C1CCC2CCCC(C1)CCC2. The van der Waals surface area contributed by atoms with Crippen molar-refractivity contribution in [1.29, 1.82) is 0 Å². The van der Waals surface area contributed by atoms with Gasteiger partial charge in [-0.1, -0.05) is 527 Å². The first-order valence-corrected chi connectivity index (χ1v) is 55.9. The highest BCUT2D eigenvalue weighted by atomic mass is 14.4. The van der Waals surface area contributed by atoms with Gasteiger partial charge in [-0.15, -0.1) is 0 Å². The second kappa shape index (κ2) is 53.2. The van der Waals surface area contributed by atoms with E-state index < -0.39 is 0 Å². The summed E-state index contributed by atoms with van der Waals surface area (Å²) >= 11 is 0. The molecule has 8 atom stereocenters. The van der Waals surface area contributed by atoms with Crippen LogP contribution in [0, 0.1) is 142 Å². The lowest BCUT2D eigenvalue weighted by Crippen LogP contribution is -2.21. The topological polar surface area (TPSA) is 0 Å². The molecule has 654 valence electrons. The Balaban J connectivity index is 0.000000108. The molecule has 0 saturated heterocycles. The molecule has 0 nitrogen and oxygen atoms in total. The van der Waals surface area contributed by atoms with Crippen molar-refractivity contribution in [3.63, 3.8) is 0 Å². The Hall–Kier alpha value is 0. The van der Waals surface area contributed by atoms with Crippen LogP contribution >= 0.6 is 0 Å². The number of hydrogen-bond donors (Lipinski definition) is 0. The van der Waals surface area contributed by atoms with Gasteiger partial charge in [-0.2, -0.15) is 0 Å². The Morgan fingerprint density at radius 1 is 0.0531 bits per heavy atom. The highest BCUT2D eigenvalue weighted by Crippen LogP contribution is 2.49. The summed E-state index contributed by atoms with van der Waals surface area (Å²) < 4.78 is 0. The average molecular weight is 1560 g/mol. The van der Waals surface area contributed by atoms with Crippen LogP contribution < -0.4 is 0 Å². The summed E-state index contributed by atoms with van der Waals surface area (Å²) in [6.07, 6.45) is 138. The Labute approximate surface area is 709 Å². The molecular weight excluding hydrogens is 1360 g/mol. The number of fused-ring (bicyclic) bond motifs is 40. The molecule has 0 aromatic rings. The molecule has 0 amide bonds. The van der Waals surface area contributed by atoms with Gasteiger partial charge in [-0.3, -0.25) is 0 Å². The molecule has 0 heterocycles. The van der Waals surface area contributed by atoms with E-state index in [1.807, 2.05) is 0 Å². The van der Waals surface area contributed by atoms with E-state index in [2.05, 4.69) is 0 Å². The lowest BCUT2D eigenvalue weighted by atomic mass is 9.71. The van der Waals surface area contributed by atoms with E-state index in [1.165, 1.54) is 178 Å². The summed E-state index contributed by atoms with van der Waals surface area (Å²) in [4.78, 5) is 0. The van der Waals surface area contributed by atoms with E-state index in [-0.39, 0.29) is 0 Å². The van der Waals surface area contributed by atoms with Crippen molar-refractivity contribution in [3.05, 3.63) is 0 Å². The molecule has 0 heteroatoms. The molecule has 8 unspecified atom stereocenters. The van der Waals surface area contributed by atoms with Crippen LogP contribution in [-0.4, -0.2) is 0 Å². The Morgan fingerprint density at radius 2 is 0.124 bits per heavy atom. The van der Waals surface area contributed by atoms with Gasteiger partial charge in [0.05, 0.1) is 0 Å². The van der Waals surface area contributed by atoms with Gasteiger partial charge in [0, 0.05) is 0 Å². The van der Waals surface area contributed by atoms with Crippen LogP contribution in [0.5, 0.6) is 0 Å². The lowest BCUT2D eigenvalue weighted by Gasteiger charge is -2.35. The summed E-state index contributed by atoms with van der Waals surface area (Å²) in [5, 5.41) is 0. The minimum absolute atomic E-state index is 1.11. The summed E-state index contributed by atoms with van der Waals surface area (Å²) in [5.41, 5.74) is 0. The van der Waals surface area contributed by atoms with E-state index in [4.69, 9.17) is 0 Å². The van der Waals surface area contributed by atoms with Crippen LogP contribution in [0.4, 0.5) is 0 Å². The summed E-state index contributed by atoms with van der Waals surface area (Å²) in [6.45, 7) is 0. The van der Waals surface area contributed by atoms with Crippen molar-refractivity contribution in [2.75, 3.05) is 0 Å². The molecule has 113 heavy (non-hydrogen) atoms. The fraction of sp³-hybridized carbons (Fsp3) is 1.00. The summed E-state index contributed by atoms with van der Waals surface area (Å²) in [5.74, 6) is 27.4. The summed E-state index contributed by atoms with van der Waals surface area (Å²) in [6, 6.07) is 0. The van der Waals surface area contributed by atoms with Crippen LogP contribution in [0.1, 0.15) is 571 Å². The molecule has 29 aliphatic carbocycles. The van der Waals surface area contributed by atoms with Gasteiger partial charge in [-0.05, 0) is 187 Å². The van der Waals surface area contributed by atoms with Crippen molar-refractivity contribution in [3.8, 4) is 0 Å². The highest BCUT2D eigenvalue weighted by molar-refractivity contribution is 4.87. The zero-order chi connectivity index (χ0) is 76.8. The fourth-order valence-corrected chi connectivity index (χ4v) is 31.4. The van der Waals surface area contributed by atoms with Crippen molar-refractivity contribution in [1.82, 2.24) is 0 Å². The maximum Gasteiger partial charge on any atom is -0.0409 e. The molecule has 0 aromatic heterocycles. The smallest absolute Gasteiger partial charge is 0.0409 e. The van der Waals surface area contributed by atoms with Crippen molar-refractivity contribution in [2.45, 2.75) is 571 Å². The minimum atomic E-state index is 1.11. The molecule has 29 fully saturated rings. The molecule has 29 aliphatic rings. The Bertz CT molecular complexity index is 2060. The van der Waals surface area contributed by atoms with E-state index in [0.717, 1.165) is 118 Å². The van der Waals surface area contributed by atoms with E-state index in [1.54, 1.807) is 417 Å². The normalized spacial score (nSPS) is 41.8. The molecule has 0 aromatic carbocycles. The van der Waals surface area contributed by atoms with E-state index >= 15 is 0 Å². The van der Waals surface area contributed by atoms with Gasteiger partial charge in [0.25, 0.3) is 0 Å². The summed E-state index contributed by atoms with van der Waals surface area (Å²) in [7, 11) is 0. The molecule has 29 rings (SSSR count). The number of hydrogen-bond acceptors (Lipinski definition) is 0. The first-order chi connectivity index (χ1) is 55.9. The van der Waals surface area contributed by atoms with Gasteiger partial charge in [-0.25, -0.2) is 0 Å². The van der Waals surface area contributed by atoms with Crippen LogP contribution in [0.25, 0.3) is 0 Å². The second-order valence-electron chi connectivity index (χ2n) is 47.7. The third-order valence-electron chi connectivity index (χ3n) is 39.0. The first-order valence-electron chi connectivity index (χ1n) is 55.9. The van der Waals surface area contributed by atoms with Crippen LogP contribution in [-0.2, 0) is 0 Å². The monoisotopic (exact) mass is 1560 g/mol. The van der Waals surface area contributed by atoms with Crippen molar-refractivity contribution in [2.24, 2.45) is 142 Å². The highest BCUT2D eigenvalue weighted by Gasteiger charge is 2.35. The maximum atomic E-state index is 1.58. The minimum Gasteiger partial charge on any atom is -0.0530 e. The van der Waals surface area contributed by atoms with Crippen LogP contribution in [0.3, 0.4) is 0 Å². The second-order valence-corrected chi connectivity index (χ2v) is 47.7. The van der Waals surface area contributed by atoms with Gasteiger partial charge < -0.3 is 0 Å².